The Morgan fingerprint density at radius 1 is 1.05 bits per heavy atom. The predicted octanol–water partition coefficient (Wildman–Crippen LogP) is 2.52. The topological polar surface area (TPSA) is 44.1 Å². The van der Waals surface area contributed by atoms with Crippen LogP contribution in [0.2, 0.25) is 0 Å². The third-order valence-electron chi connectivity index (χ3n) is 3.69. The Morgan fingerprint density at radius 2 is 1.76 bits per heavy atom. The summed E-state index contributed by atoms with van der Waals surface area (Å²) in [5.74, 6) is 1.68. The number of fused-ring (bicyclic) bond motifs is 1. The van der Waals surface area contributed by atoms with Gasteiger partial charge in [0, 0.05) is 6.42 Å². The largest absolute Gasteiger partial charge is 0.493 e. The molecule has 3 rings (SSSR count). The molecule has 1 aromatic heterocycles. The van der Waals surface area contributed by atoms with E-state index < -0.39 is 0 Å². The summed E-state index contributed by atoms with van der Waals surface area (Å²) in [5.41, 5.74) is 8.51. The van der Waals surface area contributed by atoms with Crippen LogP contribution in [0.3, 0.4) is 0 Å². The second-order valence-electron chi connectivity index (χ2n) is 5.07. The number of hydrogen-bond donors (Lipinski definition) is 1. The molecule has 3 aromatic rings. The molecule has 0 aliphatic carbocycles. The van der Waals surface area contributed by atoms with Crippen LogP contribution < -0.4 is 15.0 Å². The molecule has 0 atom stereocenters. The highest BCUT2D eigenvalue weighted by atomic mass is 16.5. The van der Waals surface area contributed by atoms with Gasteiger partial charge in [-0.25, -0.2) is 9.13 Å². The number of hydrogen-bond acceptors (Lipinski definition) is 2. The molecule has 0 spiro atoms. The molecule has 0 amide bonds. The van der Waals surface area contributed by atoms with Crippen LogP contribution in [0.25, 0.3) is 11.0 Å². The van der Waals surface area contributed by atoms with Crippen molar-refractivity contribution in [3.05, 3.63) is 54.6 Å². The maximum absolute atomic E-state index is 6.19. The Balaban J connectivity index is 1.67. The normalized spacial score (nSPS) is 10.9. The highest BCUT2D eigenvalue weighted by molar-refractivity contribution is 5.73. The Bertz CT molecular complexity index is 734. The van der Waals surface area contributed by atoms with Gasteiger partial charge in [-0.05, 0) is 24.3 Å². The smallest absolute Gasteiger partial charge is 0.355 e. The minimum absolute atomic E-state index is 0.680. The van der Waals surface area contributed by atoms with Crippen molar-refractivity contribution in [1.82, 2.24) is 4.57 Å². The molecule has 108 valence electrons. The zero-order valence-corrected chi connectivity index (χ0v) is 12.2. The number of imidazole rings is 1. The molecule has 0 radical (unpaired) electrons. The third-order valence-corrected chi connectivity index (χ3v) is 3.69. The molecule has 2 aromatic carbocycles. The fourth-order valence-electron chi connectivity index (χ4n) is 2.57. The van der Waals surface area contributed by atoms with Crippen molar-refractivity contribution in [3.8, 4) is 5.75 Å². The SMILES string of the molecule is C[n+]1c(N)n(CCCOc2ccccc2)c2ccccc21. The second kappa shape index (κ2) is 5.87. The van der Waals surface area contributed by atoms with Crippen LogP contribution >= 0.6 is 0 Å². The first-order chi connectivity index (χ1) is 10.3. The Morgan fingerprint density at radius 3 is 2.57 bits per heavy atom. The molecule has 0 aliphatic heterocycles. The summed E-state index contributed by atoms with van der Waals surface area (Å²) < 4.78 is 9.89. The maximum atomic E-state index is 6.19. The van der Waals surface area contributed by atoms with Crippen molar-refractivity contribution in [1.29, 1.82) is 0 Å². The van der Waals surface area contributed by atoms with Gasteiger partial charge in [-0.1, -0.05) is 30.3 Å². The van der Waals surface area contributed by atoms with Crippen LogP contribution in [0.15, 0.2) is 54.6 Å². The zero-order chi connectivity index (χ0) is 14.7. The molecule has 4 heteroatoms. The summed E-state index contributed by atoms with van der Waals surface area (Å²) in [4.78, 5) is 0. The van der Waals surface area contributed by atoms with Gasteiger partial charge in [0.25, 0.3) is 0 Å². The van der Waals surface area contributed by atoms with Crippen LogP contribution in [0.1, 0.15) is 6.42 Å². The van der Waals surface area contributed by atoms with Crippen LogP contribution in [0.4, 0.5) is 5.95 Å². The Hall–Kier alpha value is -2.49. The molecule has 21 heavy (non-hydrogen) atoms. The van der Waals surface area contributed by atoms with E-state index in [0.29, 0.717) is 6.61 Å². The van der Waals surface area contributed by atoms with Gasteiger partial charge >= 0.3 is 5.95 Å². The van der Waals surface area contributed by atoms with Crippen molar-refractivity contribution in [2.75, 3.05) is 12.3 Å². The van der Waals surface area contributed by atoms with E-state index in [0.717, 1.165) is 35.7 Å². The van der Waals surface area contributed by atoms with E-state index in [2.05, 4.69) is 16.7 Å². The number of benzene rings is 2. The van der Waals surface area contributed by atoms with Gasteiger partial charge in [0.15, 0.2) is 0 Å². The number of nitrogen functional groups attached to an aromatic ring is 1. The van der Waals surface area contributed by atoms with Crippen LogP contribution in [0, 0.1) is 0 Å². The lowest BCUT2D eigenvalue weighted by Gasteiger charge is -2.05. The lowest BCUT2D eigenvalue weighted by Crippen LogP contribution is -2.31. The number of aromatic nitrogens is 2. The lowest BCUT2D eigenvalue weighted by atomic mass is 10.3. The number of nitrogens with zero attached hydrogens (tertiary/aromatic N) is 2. The molecule has 2 N–H and O–H groups in total. The van der Waals surface area contributed by atoms with E-state index in [1.165, 1.54) is 0 Å². The summed E-state index contributed by atoms with van der Waals surface area (Å²) in [7, 11) is 1.99. The molecule has 1 heterocycles. The van der Waals surface area contributed by atoms with Gasteiger partial charge in [0.1, 0.15) is 16.8 Å². The highest BCUT2D eigenvalue weighted by Crippen LogP contribution is 2.16. The lowest BCUT2D eigenvalue weighted by molar-refractivity contribution is -0.630. The Labute approximate surface area is 124 Å². The van der Waals surface area contributed by atoms with E-state index in [1.807, 2.05) is 54.1 Å². The summed E-state index contributed by atoms with van der Waals surface area (Å²) in [6.07, 6.45) is 0.914. The van der Waals surface area contributed by atoms with Crippen LogP contribution in [0.5, 0.6) is 5.75 Å². The Kier molecular flexibility index (Phi) is 3.77. The van der Waals surface area contributed by atoms with E-state index >= 15 is 0 Å². The van der Waals surface area contributed by atoms with E-state index in [9.17, 15) is 0 Å². The van der Waals surface area contributed by atoms with Crippen molar-refractivity contribution in [2.24, 2.45) is 7.05 Å². The first kappa shape index (κ1) is 13.5. The number of para-hydroxylation sites is 3. The fourth-order valence-corrected chi connectivity index (χ4v) is 2.57. The minimum Gasteiger partial charge on any atom is -0.493 e. The molecular weight excluding hydrogens is 262 g/mol. The van der Waals surface area contributed by atoms with E-state index in [1.54, 1.807) is 0 Å². The fraction of sp³-hybridized carbons (Fsp3) is 0.235. The third kappa shape index (κ3) is 2.70. The molecule has 0 saturated carbocycles. The molecule has 0 unspecified atom stereocenters. The highest BCUT2D eigenvalue weighted by Gasteiger charge is 2.17. The number of nitrogens with two attached hydrogens (primary N) is 1. The molecule has 0 bridgehead atoms. The predicted molar refractivity (Wildman–Crippen MR) is 84.1 cm³/mol. The van der Waals surface area contributed by atoms with Crippen LogP contribution in [-0.2, 0) is 13.6 Å². The zero-order valence-electron chi connectivity index (χ0n) is 12.2. The average Bonchev–Trinajstić information content (AvgIpc) is 2.77. The first-order valence-corrected chi connectivity index (χ1v) is 7.18. The van der Waals surface area contributed by atoms with E-state index in [-0.39, 0.29) is 0 Å². The first-order valence-electron chi connectivity index (χ1n) is 7.18. The quantitative estimate of drug-likeness (QED) is 0.577. The molecule has 0 fully saturated rings. The molecule has 0 aliphatic rings. The average molecular weight is 282 g/mol. The van der Waals surface area contributed by atoms with Gasteiger partial charge in [-0.2, -0.15) is 0 Å². The van der Waals surface area contributed by atoms with E-state index in [4.69, 9.17) is 10.5 Å². The summed E-state index contributed by atoms with van der Waals surface area (Å²) in [5, 5.41) is 0. The van der Waals surface area contributed by atoms with Gasteiger partial charge < -0.3 is 4.74 Å². The van der Waals surface area contributed by atoms with Crippen molar-refractivity contribution >= 4 is 17.0 Å². The molecule has 0 saturated heterocycles. The summed E-state index contributed by atoms with van der Waals surface area (Å²) >= 11 is 0. The van der Waals surface area contributed by atoms with Crippen molar-refractivity contribution in [2.45, 2.75) is 13.0 Å². The number of aryl methyl sites for hydroxylation is 2. The van der Waals surface area contributed by atoms with Gasteiger partial charge in [0.2, 0.25) is 0 Å². The van der Waals surface area contributed by atoms with Crippen LogP contribution in [-0.4, -0.2) is 11.2 Å². The standard InChI is InChI=1S/C17H19N3O/c1-19-15-10-5-6-11-16(15)20(17(19)18)12-7-13-21-14-8-3-2-4-9-14/h2-6,8-11,18H,7,12-13H2,1H3/p+1. The van der Waals surface area contributed by atoms with Crippen molar-refractivity contribution < 1.29 is 9.30 Å². The molecular formula is C17H20N3O+. The monoisotopic (exact) mass is 282 g/mol. The van der Waals surface area contributed by atoms with Gasteiger partial charge in [-0.15, -0.1) is 0 Å². The number of anilines is 1. The van der Waals surface area contributed by atoms with Gasteiger partial charge in [0.05, 0.1) is 20.2 Å². The number of ether oxygens (including phenoxy) is 1. The second-order valence-corrected chi connectivity index (χ2v) is 5.07. The summed E-state index contributed by atoms with van der Waals surface area (Å²) in [6, 6.07) is 18.1. The van der Waals surface area contributed by atoms with Crippen molar-refractivity contribution in [3.63, 3.8) is 0 Å². The molecule has 4 nitrogen and oxygen atoms in total. The minimum atomic E-state index is 0.680. The summed E-state index contributed by atoms with van der Waals surface area (Å²) in [6.45, 7) is 1.53. The van der Waals surface area contributed by atoms with Gasteiger partial charge in [-0.3, -0.25) is 5.73 Å². The maximum Gasteiger partial charge on any atom is 0.355 e. The number of rotatable bonds is 5.